The molecule has 0 aliphatic heterocycles. The van der Waals surface area contributed by atoms with Crippen molar-refractivity contribution in [3.63, 3.8) is 0 Å². The highest BCUT2D eigenvalue weighted by Crippen LogP contribution is 2.33. The Balaban J connectivity index is 2.18. The number of halogens is 1. The first-order valence-corrected chi connectivity index (χ1v) is 6.56. The van der Waals surface area contributed by atoms with Crippen LogP contribution in [0, 0.1) is 6.92 Å². The monoisotopic (exact) mass is 292 g/mol. The molecule has 0 bridgehead atoms. The van der Waals surface area contributed by atoms with E-state index >= 15 is 0 Å². The zero-order chi connectivity index (χ0) is 11.1. The molecule has 0 spiro atoms. The summed E-state index contributed by atoms with van der Waals surface area (Å²) in [5.41, 5.74) is 3.35. The lowest BCUT2D eigenvalue weighted by molar-refractivity contribution is 1.35. The number of imidazole rings is 1. The number of thiophene rings is 1. The SMILES string of the molecule is Cc1cc(-c2nc3ccccc3[nH]2)sc1Br. The van der Waals surface area contributed by atoms with Gasteiger partial charge in [-0.15, -0.1) is 11.3 Å². The molecule has 0 radical (unpaired) electrons. The molecule has 0 saturated heterocycles. The van der Waals surface area contributed by atoms with Crippen molar-refractivity contribution in [2.45, 2.75) is 6.92 Å². The molecule has 4 heteroatoms. The number of nitrogens with zero attached hydrogens (tertiary/aromatic N) is 1. The van der Waals surface area contributed by atoms with Gasteiger partial charge in [0, 0.05) is 0 Å². The van der Waals surface area contributed by atoms with E-state index in [1.165, 1.54) is 14.2 Å². The summed E-state index contributed by atoms with van der Waals surface area (Å²) in [4.78, 5) is 9.07. The molecule has 0 saturated carbocycles. The molecule has 2 aromatic heterocycles. The molecule has 3 aromatic rings. The Labute approximate surface area is 105 Å². The zero-order valence-electron chi connectivity index (χ0n) is 8.62. The number of aromatic nitrogens is 2. The fourth-order valence-electron chi connectivity index (χ4n) is 1.65. The first kappa shape index (κ1) is 10.1. The quantitative estimate of drug-likeness (QED) is 0.709. The molecule has 16 heavy (non-hydrogen) atoms. The van der Waals surface area contributed by atoms with Crippen molar-refractivity contribution in [2.75, 3.05) is 0 Å². The Bertz CT molecular complexity index is 601. The number of hydrogen-bond acceptors (Lipinski definition) is 2. The molecule has 2 heterocycles. The van der Waals surface area contributed by atoms with Crippen LogP contribution in [-0.2, 0) is 0 Å². The van der Waals surface area contributed by atoms with Crippen molar-refractivity contribution in [2.24, 2.45) is 0 Å². The first-order chi connectivity index (χ1) is 7.74. The van der Waals surface area contributed by atoms with Crippen LogP contribution in [0.2, 0.25) is 0 Å². The number of hydrogen-bond donors (Lipinski definition) is 1. The Morgan fingerprint density at radius 1 is 1.31 bits per heavy atom. The van der Waals surface area contributed by atoms with E-state index in [2.05, 4.69) is 38.9 Å². The second kappa shape index (κ2) is 3.71. The Kier molecular flexibility index (Phi) is 2.33. The number of rotatable bonds is 1. The highest BCUT2D eigenvalue weighted by molar-refractivity contribution is 9.11. The van der Waals surface area contributed by atoms with Gasteiger partial charge in [-0.3, -0.25) is 0 Å². The number of nitrogens with one attached hydrogen (secondary N) is 1. The van der Waals surface area contributed by atoms with E-state index in [-0.39, 0.29) is 0 Å². The van der Waals surface area contributed by atoms with Crippen LogP contribution in [0.3, 0.4) is 0 Å². The van der Waals surface area contributed by atoms with Crippen LogP contribution in [0.25, 0.3) is 21.7 Å². The maximum atomic E-state index is 4.57. The largest absolute Gasteiger partial charge is 0.337 e. The van der Waals surface area contributed by atoms with Crippen molar-refractivity contribution < 1.29 is 0 Å². The average Bonchev–Trinajstić information content (AvgIpc) is 2.83. The summed E-state index contributed by atoms with van der Waals surface area (Å²) in [5, 5.41) is 0. The van der Waals surface area contributed by atoms with Gasteiger partial charge in [0.05, 0.1) is 19.7 Å². The minimum absolute atomic E-state index is 0.944. The Morgan fingerprint density at radius 2 is 2.12 bits per heavy atom. The first-order valence-electron chi connectivity index (χ1n) is 4.95. The predicted molar refractivity (Wildman–Crippen MR) is 71.8 cm³/mol. The van der Waals surface area contributed by atoms with Gasteiger partial charge in [0.25, 0.3) is 0 Å². The number of benzene rings is 1. The molecule has 0 amide bonds. The summed E-state index contributed by atoms with van der Waals surface area (Å²) < 4.78 is 1.17. The lowest BCUT2D eigenvalue weighted by Crippen LogP contribution is -1.72. The molecule has 0 atom stereocenters. The lowest BCUT2D eigenvalue weighted by Gasteiger charge is -1.86. The summed E-state index contributed by atoms with van der Waals surface area (Å²) in [6.45, 7) is 2.09. The van der Waals surface area contributed by atoms with Gasteiger partial charge in [0.15, 0.2) is 0 Å². The molecule has 0 aliphatic carbocycles. The number of fused-ring (bicyclic) bond motifs is 1. The highest BCUT2D eigenvalue weighted by atomic mass is 79.9. The van der Waals surface area contributed by atoms with Gasteiger partial charge in [-0.05, 0) is 46.6 Å². The minimum Gasteiger partial charge on any atom is -0.337 e. The summed E-state index contributed by atoms with van der Waals surface area (Å²) >= 11 is 5.24. The van der Waals surface area contributed by atoms with Crippen LogP contribution in [0.4, 0.5) is 0 Å². The van der Waals surface area contributed by atoms with Crippen molar-refractivity contribution in [1.82, 2.24) is 9.97 Å². The van der Waals surface area contributed by atoms with Gasteiger partial charge < -0.3 is 4.98 Å². The molecular weight excluding hydrogens is 284 g/mol. The molecule has 1 N–H and O–H groups in total. The summed E-state index contributed by atoms with van der Waals surface area (Å²) in [7, 11) is 0. The fraction of sp³-hybridized carbons (Fsp3) is 0.0833. The van der Waals surface area contributed by atoms with Crippen LogP contribution < -0.4 is 0 Å². The molecule has 0 unspecified atom stereocenters. The van der Waals surface area contributed by atoms with Crippen LogP contribution in [0.5, 0.6) is 0 Å². The minimum atomic E-state index is 0.944. The van der Waals surface area contributed by atoms with E-state index in [9.17, 15) is 0 Å². The van der Waals surface area contributed by atoms with Crippen LogP contribution in [-0.4, -0.2) is 9.97 Å². The Morgan fingerprint density at radius 3 is 2.81 bits per heavy atom. The predicted octanol–water partition coefficient (Wildman–Crippen LogP) is 4.36. The van der Waals surface area contributed by atoms with E-state index in [1.807, 2.05) is 24.3 Å². The third kappa shape index (κ3) is 1.58. The molecule has 3 rings (SSSR count). The lowest BCUT2D eigenvalue weighted by atomic mass is 10.3. The summed E-state index contributed by atoms with van der Waals surface area (Å²) in [6.07, 6.45) is 0. The second-order valence-electron chi connectivity index (χ2n) is 3.67. The maximum Gasteiger partial charge on any atom is 0.148 e. The van der Waals surface area contributed by atoms with Crippen LogP contribution in [0.1, 0.15) is 5.56 Å². The molecular formula is C12H9BrN2S. The van der Waals surface area contributed by atoms with E-state index in [1.54, 1.807) is 11.3 Å². The average molecular weight is 293 g/mol. The topological polar surface area (TPSA) is 28.7 Å². The summed E-state index contributed by atoms with van der Waals surface area (Å²) in [5.74, 6) is 0.944. The van der Waals surface area contributed by atoms with Crippen molar-refractivity contribution in [3.8, 4) is 10.7 Å². The molecule has 0 fully saturated rings. The molecule has 0 aliphatic rings. The third-order valence-electron chi connectivity index (χ3n) is 2.48. The smallest absolute Gasteiger partial charge is 0.148 e. The Hall–Kier alpha value is -1.13. The van der Waals surface area contributed by atoms with E-state index < -0.39 is 0 Å². The van der Waals surface area contributed by atoms with Gasteiger partial charge in [-0.1, -0.05) is 12.1 Å². The fourth-order valence-corrected chi connectivity index (χ4v) is 3.13. The van der Waals surface area contributed by atoms with E-state index in [0.717, 1.165) is 16.9 Å². The number of aromatic amines is 1. The third-order valence-corrected chi connectivity index (χ3v) is 4.62. The number of aryl methyl sites for hydroxylation is 1. The summed E-state index contributed by atoms with van der Waals surface area (Å²) in [6, 6.07) is 10.2. The maximum absolute atomic E-state index is 4.57. The molecule has 1 aromatic carbocycles. The molecule has 80 valence electrons. The normalized spacial score (nSPS) is 11.1. The van der Waals surface area contributed by atoms with E-state index in [0.29, 0.717) is 0 Å². The molecule has 2 nitrogen and oxygen atoms in total. The standard InChI is InChI=1S/C12H9BrN2S/c1-7-6-10(16-11(7)13)12-14-8-4-2-3-5-9(8)15-12/h2-6H,1H3,(H,14,15). The van der Waals surface area contributed by atoms with Crippen molar-refractivity contribution in [1.29, 1.82) is 0 Å². The van der Waals surface area contributed by atoms with E-state index in [4.69, 9.17) is 0 Å². The van der Waals surface area contributed by atoms with Gasteiger partial charge in [0.1, 0.15) is 5.82 Å². The van der Waals surface area contributed by atoms with Gasteiger partial charge in [0.2, 0.25) is 0 Å². The van der Waals surface area contributed by atoms with Crippen LogP contribution in [0.15, 0.2) is 34.1 Å². The van der Waals surface area contributed by atoms with Crippen molar-refractivity contribution >= 4 is 38.3 Å². The van der Waals surface area contributed by atoms with Crippen LogP contribution >= 0.6 is 27.3 Å². The highest BCUT2D eigenvalue weighted by Gasteiger charge is 2.09. The van der Waals surface area contributed by atoms with Gasteiger partial charge in [-0.2, -0.15) is 0 Å². The van der Waals surface area contributed by atoms with Gasteiger partial charge in [-0.25, -0.2) is 4.98 Å². The van der Waals surface area contributed by atoms with Gasteiger partial charge >= 0.3 is 0 Å². The second-order valence-corrected chi connectivity index (χ2v) is 6.04. The zero-order valence-corrected chi connectivity index (χ0v) is 11.0. The number of para-hydroxylation sites is 2. The van der Waals surface area contributed by atoms with Crippen molar-refractivity contribution in [3.05, 3.63) is 39.7 Å². The number of H-pyrrole nitrogens is 1.